The summed E-state index contributed by atoms with van der Waals surface area (Å²) in [6.07, 6.45) is -0.295. The van der Waals surface area contributed by atoms with E-state index in [1.54, 1.807) is 32.0 Å². The monoisotopic (exact) mass is 364 g/mol. The molecule has 0 spiro atoms. The number of rotatable bonds is 3. The fourth-order valence-corrected chi connectivity index (χ4v) is 5.78. The Morgan fingerprint density at radius 1 is 1.16 bits per heavy atom. The second-order valence-corrected chi connectivity index (χ2v) is 9.02. The molecule has 0 radical (unpaired) electrons. The predicted octanol–water partition coefficient (Wildman–Crippen LogP) is 1.84. The Balaban J connectivity index is 2.31. The van der Waals surface area contributed by atoms with Gasteiger partial charge in [-0.15, -0.1) is 0 Å². The van der Waals surface area contributed by atoms with Crippen LogP contribution in [0.5, 0.6) is 0 Å². The highest BCUT2D eigenvalue weighted by Crippen LogP contribution is 2.48. The smallest absolute Gasteiger partial charge is 0.217 e. The third kappa shape index (κ3) is 2.53. The molecule has 3 rings (SSSR count). The molecule has 2 aliphatic rings. The van der Waals surface area contributed by atoms with Gasteiger partial charge in [0.05, 0.1) is 23.7 Å². The van der Waals surface area contributed by atoms with E-state index in [4.69, 9.17) is 9.47 Å². The van der Waals surface area contributed by atoms with Gasteiger partial charge >= 0.3 is 0 Å². The number of allylic oxidation sites excluding steroid dienone is 1. The van der Waals surface area contributed by atoms with Crippen LogP contribution in [-0.2, 0) is 28.9 Å². The molecule has 6 nitrogen and oxygen atoms in total. The number of ether oxygens (including phenoxy) is 2. The van der Waals surface area contributed by atoms with Crippen LogP contribution in [0.4, 0.5) is 0 Å². The van der Waals surface area contributed by atoms with Gasteiger partial charge in [0.25, 0.3) is 0 Å². The summed E-state index contributed by atoms with van der Waals surface area (Å²) in [4.78, 5) is 25.2. The van der Waals surface area contributed by atoms with Gasteiger partial charge in [0.1, 0.15) is 5.76 Å². The van der Waals surface area contributed by atoms with E-state index in [0.717, 1.165) is 6.08 Å². The summed E-state index contributed by atoms with van der Waals surface area (Å²) in [6.45, 7) is 3.42. The van der Waals surface area contributed by atoms with Crippen molar-refractivity contribution in [2.24, 2.45) is 0 Å². The van der Waals surface area contributed by atoms with Gasteiger partial charge in [0.2, 0.25) is 14.6 Å². The van der Waals surface area contributed by atoms with Crippen LogP contribution in [0.25, 0.3) is 0 Å². The highest BCUT2D eigenvalue weighted by Gasteiger charge is 2.66. The fraction of sp³-hybridized carbons (Fsp3) is 0.444. The first-order valence-electron chi connectivity index (χ1n) is 7.95. The van der Waals surface area contributed by atoms with Crippen molar-refractivity contribution in [2.45, 2.75) is 48.0 Å². The van der Waals surface area contributed by atoms with Crippen molar-refractivity contribution in [3.8, 4) is 0 Å². The number of ketones is 2. The molecule has 25 heavy (non-hydrogen) atoms. The number of carbonyl (C=O) groups excluding carboxylic acids is 2. The van der Waals surface area contributed by atoms with Crippen LogP contribution in [-0.4, -0.2) is 43.5 Å². The third-order valence-electron chi connectivity index (χ3n) is 4.66. The highest BCUT2D eigenvalue weighted by molar-refractivity contribution is 7.94. The van der Waals surface area contributed by atoms with Gasteiger partial charge in [-0.1, -0.05) is 18.2 Å². The maximum Gasteiger partial charge on any atom is 0.217 e. The van der Waals surface area contributed by atoms with Crippen LogP contribution < -0.4 is 0 Å². The summed E-state index contributed by atoms with van der Waals surface area (Å²) in [5, 5.41) is 0. The summed E-state index contributed by atoms with van der Waals surface area (Å²) >= 11 is 0. The molecule has 1 unspecified atom stereocenters. The summed E-state index contributed by atoms with van der Waals surface area (Å²) in [7, 11) is -2.93. The molecule has 1 aromatic carbocycles. The van der Waals surface area contributed by atoms with Crippen molar-refractivity contribution in [1.29, 1.82) is 0 Å². The van der Waals surface area contributed by atoms with E-state index in [-0.39, 0.29) is 29.3 Å². The minimum atomic E-state index is -4.19. The van der Waals surface area contributed by atoms with E-state index >= 15 is 0 Å². The number of Topliss-reactive ketones (excluding diaryl/α,β-unsaturated/α-hetero) is 1. The zero-order chi connectivity index (χ0) is 18.5. The predicted molar refractivity (Wildman–Crippen MR) is 89.7 cm³/mol. The van der Waals surface area contributed by atoms with Crippen molar-refractivity contribution >= 4 is 21.4 Å². The normalized spacial score (nSPS) is 28.9. The van der Waals surface area contributed by atoms with E-state index in [9.17, 15) is 18.0 Å². The second-order valence-electron chi connectivity index (χ2n) is 6.90. The summed E-state index contributed by atoms with van der Waals surface area (Å²) in [5.41, 5.74) is -0.853. The average molecular weight is 364 g/mol. The van der Waals surface area contributed by atoms with E-state index in [0.29, 0.717) is 0 Å². The largest absolute Gasteiger partial charge is 0.499 e. The Morgan fingerprint density at radius 3 is 2.40 bits per heavy atom. The van der Waals surface area contributed by atoms with Gasteiger partial charge in [-0.05, 0) is 26.0 Å². The minimum absolute atomic E-state index is 0.00560. The second kappa shape index (κ2) is 5.78. The Hall–Kier alpha value is -1.99. The maximum atomic E-state index is 13.5. The molecule has 0 amide bonds. The molecular weight excluding hydrogens is 344 g/mol. The Kier molecular flexibility index (Phi) is 4.12. The zero-order valence-electron chi connectivity index (χ0n) is 14.3. The van der Waals surface area contributed by atoms with Crippen LogP contribution in [0.3, 0.4) is 0 Å². The van der Waals surface area contributed by atoms with Crippen LogP contribution >= 0.6 is 0 Å². The van der Waals surface area contributed by atoms with Crippen molar-refractivity contribution in [1.82, 2.24) is 0 Å². The molecule has 1 saturated heterocycles. The summed E-state index contributed by atoms with van der Waals surface area (Å²) < 4.78 is 36.1. The SMILES string of the molecule is COC1=CC(=O)CC2OC(C)(C)CC(=O)[C@@]12S(=O)(=O)c1ccccc1. The van der Waals surface area contributed by atoms with E-state index in [1.165, 1.54) is 19.2 Å². The molecule has 0 aromatic heterocycles. The molecule has 0 bridgehead atoms. The highest BCUT2D eigenvalue weighted by atomic mass is 32.2. The van der Waals surface area contributed by atoms with Gasteiger partial charge in [0, 0.05) is 18.9 Å². The lowest BCUT2D eigenvalue weighted by Crippen LogP contribution is -2.66. The van der Waals surface area contributed by atoms with E-state index in [1.807, 2.05) is 0 Å². The number of fused-ring (bicyclic) bond motifs is 1. The first kappa shape index (κ1) is 17.8. The number of hydrogen-bond donors (Lipinski definition) is 0. The zero-order valence-corrected chi connectivity index (χ0v) is 15.1. The molecule has 0 N–H and O–H groups in total. The lowest BCUT2D eigenvalue weighted by atomic mass is 9.78. The quantitative estimate of drug-likeness (QED) is 0.813. The van der Waals surface area contributed by atoms with Gasteiger partial charge in [-0.3, -0.25) is 9.59 Å². The molecule has 2 atom stereocenters. The van der Waals surface area contributed by atoms with Gasteiger partial charge in [0.15, 0.2) is 11.6 Å². The third-order valence-corrected chi connectivity index (χ3v) is 7.09. The standard InChI is InChI=1S/C18H20O6S/c1-17(2)11-14(20)18(25(21,22)13-7-5-4-6-8-13)15(23-3)9-12(19)10-16(18)24-17/h4-9,16H,10-11H2,1-3H3/t16?,18-/m1/s1. The molecule has 1 aromatic rings. The summed E-state index contributed by atoms with van der Waals surface area (Å²) in [5.74, 6) is -1.01. The topological polar surface area (TPSA) is 86.7 Å². The lowest BCUT2D eigenvalue weighted by Gasteiger charge is -2.48. The van der Waals surface area contributed by atoms with Crippen LogP contribution in [0.2, 0.25) is 0 Å². The Morgan fingerprint density at radius 2 is 1.80 bits per heavy atom. The maximum absolute atomic E-state index is 13.5. The van der Waals surface area contributed by atoms with Crippen molar-refractivity contribution in [3.63, 3.8) is 0 Å². The lowest BCUT2D eigenvalue weighted by molar-refractivity contribution is -0.160. The Bertz CT molecular complexity index is 853. The molecule has 134 valence electrons. The fourth-order valence-electron chi connectivity index (χ4n) is 3.64. The Labute approximate surface area is 146 Å². The first-order chi connectivity index (χ1) is 11.6. The molecule has 0 saturated carbocycles. The number of methoxy groups -OCH3 is 1. The van der Waals surface area contributed by atoms with Crippen molar-refractivity contribution in [2.75, 3.05) is 7.11 Å². The minimum Gasteiger partial charge on any atom is -0.499 e. The number of carbonyl (C=O) groups is 2. The molecule has 7 heteroatoms. The molecular formula is C18H20O6S. The first-order valence-corrected chi connectivity index (χ1v) is 9.43. The van der Waals surface area contributed by atoms with Gasteiger partial charge in [-0.2, -0.15) is 0 Å². The number of sulfone groups is 1. The van der Waals surface area contributed by atoms with Gasteiger partial charge in [-0.25, -0.2) is 8.42 Å². The van der Waals surface area contributed by atoms with Crippen LogP contribution in [0, 0.1) is 0 Å². The van der Waals surface area contributed by atoms with Crippen LogP contribution in [0.1, 0.15) is 26.7 Å². The average Bonchev–Trinajstić information content (AvgIpc) is 2.53. The molecule has 1 aliphatic carbocycles. The number of hydrogen-bond acceptors (Lipinski definition) is 6. The molecule has 1 aliphatic heterocycles. The molecule has 1 fully saturated rings. The van der Waals surface area contributed by atoms with E-state index in [2.05, 4.69) is 0 Å². The van der Waals surface area contributed by atoms with E-state index < -0.39 is 32.1 Å². The van der Waals surface area contributed by atoms with Crippen LogP contribution in [0.15, 0.2) is 47.1 Å². The van der Waals surface area contributed by atoms with Gasteiger partial charge < -0.3 is 9.47 Å². The van der Waals surface area contributed by atoms with Crippen molar-refractivity contribution < 1.29 is 27.5 Å². The molecule has 1 heterocycles. The summed E-state index contributed by atoms with van der Waals surface area (Å²) in [6, 6.07) is 7.71. The number of benzene rings is 1. The van der Waals surface area contributed by atoms with Crippen molar-refractivity contribution in [3.05, 3.63) is 42.2 Å².